The number of hydrogen-bond acceptors (Lipinski definition) is 5. The number of rotatable bonds is 6. The molecule has 0 heterocycles. The first-order valence-electron chi connectivity index (χ1n) is 8.87. The summed E-state index contributed by atoms with van der Waals surface area (Å²) >= 11 is 0. The molecule has 0 aliphatic heterocycles. The molecule has 146 valence electrons. The van der Waals surface area contributed by atoms with E-state index in [1.807, 2.05) is 6.07 Å². The third kappa shape index (κ3) is 4.04. The van der Waals surface area contributed by atoms with Gasteiger partial charge in [-0.05, 0) is 63.2 Å². The summed E-state index contributed by atoms with van der Waals surface area (Å²) in [5.41, 5.74) is 2.71. The molecule has 0 spiro atoms. The molecule has 0 radical (unpaired) electrons. The maximum atomic E-state index is 12.9. The van der Waals surface area contributed by atoms with Crippen molar-refractivity contribution in [2.24, 2.45) is 0 Å². The number of nitrogens with zero attached hydrogens (tertiary/aromatic N) is 1. The number of sulfonamides is 1. The minimum Gasteiger partial charge on any atom is -0.497 e. The summed E-state index contributed by atoms with van der Waals surface area (Å²) < 4.78 is 39.2. The van der Waals surface area contributed by atoms with Gasteiger partial charge in [-0.1, -0.05) is 6.07 Å². The van der Waals surface area contributed by atoms with Crippen LogP contribution in [0, 0.1) is 0 Å². The molecule has 0 saturated carbocycles. The van der Waals surface area contributed by atoms with Crippen molar-refractivity contribution >= 4 is 15.7 Å². The molecule has 0 bridgehead atoms. The minimum absolute atomic E-state index is 0.174. The monoisotopic (exact) mass is 390 g/mol. The fourth-order valence-electron chi connectivity index (χ4n) is 3.53. The Morgan fingerprint density at radius 2 is 1.85 bits per heavy atom. The molecule has 0 aromatic heterocycles. The Morgan fingerprint density at radius 3 is 2.52 bits per heavy atom. The molecule has 1 aliphatic rings. The van der Waals surface area contributed by atoms with E-state index in [2.05, 4.69) is 23.7 Å². The summed E-state index contributed by atoms with van der Waals surface area (Å²) in [6.07, 6.45) is 2.60. The van der Waals surface area contributed by atoms with Crippen molar-refractivity contribution in [3.8, 4) is 11.5 Å². The molecule has 27 heavy (non-hydrogen) atoms. The van der Waals surface area contributed by atoms with Crippen molar-refractivity contribution in [1.29, 1.82) is 0 Å². The average Bonchev–Trinajstić information content (AvgIpc) is 2.67. The quantitative estimate of drug-likeness (QED) is 0.821. The van der Waals surface area contributed by atoms with Gasteiger partial charge in [0.05, 0.1) is 24.8 Å². The molecule has 1 atom stereocenters. The van der Waals surface area contributed by atoms with Crippen LogP contribution in [-0.2, 0) is 22.9 Å². The smallest absolute Gasteiger partial charge is 0.262 e. The molecule has 0 saturated heterocycles. The Morgan fingerprint density at radius 1 is 1.07 bits per heavy atom. The van der Waals surface area contributed by atoms with Crippen LogP contribution in [0.3, 0.4) is 0 Å². The fraction of sp³-hybridized carbons (Fsp3) is 0.400. The lowest BCUT2D eigenvalue weighted by Crippen LogP contribution is -2.34. The lowest BCUT2D eigenvalue weighted by molar-refractivity contribution is 0.265. The normalized spacial score (nSPS) is 16.7. The summed E-state index contributed by atoms with van der Waals surface area (Å²) in [7, 11) is 3.59. The number of nitrogens with one attached hydrogen (secondary N) is 1. The predicted octanol–water partition coefficient (Wildman–Crippen LogP) is 2.92. The van der Waals surface area contributed by atoms with E-state index < -0.39 is 10.0 Å². The Bertz CT molecular complexity index is 926. The second-order valence-corrected chi connectivity index (χ2v) is 8.60. The second-order valence-electron chi connectivity index (χ2n) is 6.92. The molecule has 1 aliphatic carbocycles. The Hall–Kier alpha value is -2.25. The van der Waals surface area contributed by atoms with Crippen LogP contribution >= 0.6 is 0 Å². The van der Waals surface area contributed by atoms with Crippen molar-refractivity contribution in [2.45, 2.75) is 30.2 Å². The van der Waals surface area contributed by atoms with Crippen LogP contribution in [0.15, 0.2) is 41.3 Å². The van der Waals surface area contributed by atoms with Gasteiger partial charge < -0.3 is 14.4 Å². The molecule has 1 N–H and O–H groups in total. The number of fused-ring (bicyclic) bond motifs is 1. The Labute approximate surface area is 161 Å². The van der Waals surface area contributed by atoms with E-state index in [9.17, 15) is 8.42 Å². The molecular formula is C20H26N2O4S. The maximum Gasteiger partial charge on any atom is 0.262 e. The van der Waals surface area contributed by atoms with Crippen molar-refractivity contribution in [3.05, 3.63) is 47.5 Å². The summed E-state index contributed by atoms with van der Waals surface area (Å²) in [4.78, 5) is 2.38. The lowest BCUT2D eigenvalue weighted by Gasteiger charge is -2.32. The summed E-state index contributed by atoms with van der Waals surface area (Å²) in [6.45, 7) is 0. The maximum absolute atomic E-state index is 12.9. The first-order chi connectivity index (χ1) is 12.9. The van der Waals surface area contributed by atoms with Gasteiger partial charge in [-0.25, -0.2) is 8.42 Å². The number of ether oxygens (including phenoxy) is 2. The number of methoxy groups -OCH3 is 2. The van der Waals surface area contributed by atoms with E-state index in [1.54, 1.807) is 31.4 Å². The van der Waals surface area contributed by atoms with E-state index in [4.69, 9.17) is 9.47 Å². The first-order valence-corrected chi connectivity index (χ1v) is 10.4. The number of likely N-dealkylation sites (N-methyl/N-ethyl adjacent to an activating group) is 1. The van der Waals surface area contributed by atoms with E-state index in [-0.39, 0.29) is 4.90 Å². The highest BCUT2D eigenvalue weighted by atomic mass is 32.2. The minimum atomic E-state index is -3.71. The first kappa shape index (κ1) is 19.5. The van der Waals surface area contributed by atoms with Crippen LogP contribution in [0.2, 0.25) is 0 Å². The molecular weight excluding hydrogens is 364 g/mol. The van der Waals surface area contributed by atoms with Gasteiger partial charge >= 0.3 is 0 Å². The van der Waals surface area contributed by atoms with E-state index in [0.717, 1.165) is 36.1 Å². The van der Waals surface area contributed by atoms with Crippen LogP contribution in [0.4, 0.5) is 5.69 Å². The van der Waals surface area contributed by atoms with Crippen molar-refractivity contribution in [1.82, 2.24) is 4.90 Å². The topological polar surface area (TPSA) is 67.9 Å². The van der Waals surface area contributed by atoms with E-state index >= 15 is 0 Å². The molecule has 2 aromatic carbocycles. The van der Waals surface area contributed by atoms with Gasteiger partial charge in [0, 0.05) is 17.7 Å². The van der Waals surface area contributed by atoms with Crippen LogP contribution in [0.5, 0.6) is 11.5 Å². The zero-order valence-electron chi connectivity index (χ0n) is 16.2. The Balaban J connectivity index is 1.97. The molecule has 0 fully saturated rings. The second kappa shape index (κ2) is 7.78. The molecule has 1 unspecified atom stereocenters. The largest absolute Gasteiger partial charge is 0.497 e. The van der Waals surface area contributed by atoms with E-state index in [1.165, 1.54) is 13.2 Å². The van der Waals surface area contributed by atoms with Gasteiger partial charge in [0.1, 0.15) is 11.5 Å². The Kier molecular flexibility index (Phi) is 5.62. The zero-order valence-corrected chi connectivity index (χ0v) is 17.0. The third-order valence-electron chi connectivity index (χ3n) is 5.10. The predicted molar refractivity (Wildman–Crippen MR) is 106 cm³/mol. The molecule has 3 rings (SSSR count). The van der Waals surface area contributed by atoms with Crippen molar-refractivity contribution in [2.75, 3.05) is 33.0 Å². The van der Waals surface area contributed by atoms with Crippen molar-refractivity contribution in [3.63, 3.8) is 0 Å². The summed E-state index contributed by atoms with van der Waals surface area (Å²) in [5.74, 6) is 1.31. The van der Waals surface area contributed by atoms with Gasteiger partial charge in [0.2, 0.25) is 0 Å². The van der Waals surface area contributed by atoms with E-state index in [0.29, 0.717) is 17.5 Å². The van der Waals surface area contributed by atoms with Crippen LogP contribution in [0.1, 0.15) is 17.5 Å². The SMILES string of the molecule is COc1cccc(S(=O)(=O)Nc2ccc(OC)c3c2CCC(N(C)C)C3)c1. The summed E-state index contributed by atoms with van der Waals surface area (Å²) in [6, 6.07) is 10.5. The van der Waals surface area contributed by atoms with Gasteiger partial charge in [0.15, 0.2) is 0 Å². The number of benzene rings is 2. The van der Waals surface area contributed by atoms with Gasteiger partial charge in [-0.3, -0.25) is 4.72 Å². The highest BCUT2D eigenvalue weighted by molar-refractivity contribution is 7.92. The average molecular weight is 391 g/mol. The van der Waals surface area contributed by atoms with Crippen LogP contribution < -0.4 is 14.2 Å². The summed E-state index contributed by atoms with van der Waals surface area (Å²) in [5, 5.41) is 0. The lowest BCUT2D eigenvalue weighted by atomic mass is 9.86. The van der Waals surface area contributed by atoms with Gasteiger partial charge in [0.25, 0.3) is 10.0 Å². The van der Waals surface area contributed by atoms with Crippen LogP contribution in [0.25, 0.3) is 0 Å². The highest BCUT2D eigenvalue weighted by Crippen LogP contribution is 2.36. The molecule has 6 nitrogen and oxygen atoms in total. The van der Waals surface area contributed by atoms with Crippen molar-refractivity contribution < 1.29 is 17.9 Å². The fourth-order valence-corrected chi connectivity index (χ4v) is 4.66. The number of anilines is 1. The highest BCUT2D eigenvalue weighted by Gasteiger charge is 2.27. The van der Waals surface area contributed by atoms with Gasteiger partial charge in [-0.15, -0.1) is 0 Å². The molecule has 2 aromatic rings. The molecule has 0 amide bonds. The zero-order chi connectivity index (χ0) is 19.6. The van der Waals surface area contributed by atoms with Crippen LogP contribution in [-0.4, -0.2) is 47.7 Å². The standard InChI is InChI=1S/C20H26N2O4S/c1-22(2)14-8-9-17-18(12-14)20(26-4)11-10-19(17)21-27(23,24)16-7-5-6-15(13-16)25-3/h5-7,10-11,13-14,21H,8-9,12H2,1-4H3. The van der Waals surface area contributed by atoms with Gasteiger partial charge in [-0.2, -0.15) is 0 Å². The number of hydrogen-bond donors (Lipinski definition) is 1. The molecule has 7 heteroatoms. The third-order valence-corrected chi connectivity index (χ3v) is 6.46.